The van der Waals surface area contributed by atoms with Crippen LogP contribution >= 0.6 is 0 Å². The van der Waals surface area contributed by atoms with Crippen LogP contribution < -0.4 is 0 Å². The van der Waals surface area contributed by atoms with E-state index in [1.165, 1.54) is 36.3 Å². The third kappa shape index (κ3) is 3.78. The van der Waals surface area contributed by atoms with Crippen molar-refractivity contribution in [3.63, 3.8) is 0 Å². The molecule has 108 valence electrons. The van der Waals surface area contributed by atoms with Crippen molar-refractivity contribution in [2.45, 2.75) is 19.9 Å². The Balaban J connectivity index is 3.03. The number of hydrogen-bond donors (Lipinski definition) is 0. The molecule has 0 fully saturated rings. The Labute approximate surface area is 116 Å². The topological polar surface area (TPSA) is 89.8 Å². The van der Waals surface area contributed by atoms with Crippen LogP contribution in [-0.4, -0.2) is 41.4 Å². The van der Waals surface area contributed by atoms with Crippen molar-refractivity contribution >= 4 is 17.6 Å². The Morgan fingerprint density at radius 1 is 1.40 bits per heavy atom. The number of ether oxygens (including phenoxy) is 1. The Bertz CT molecular complexity index is 527. The molecule has 1 rings (SSSR count). The maximum Gasteiger partial charge on any atom is 0.325 e. The lowest BCUT2D eigenvalue weighted by Crippen LogP contribution is -2.41. The Morgan fingerprint density at radius 2 is 2.05 bits per heavy atom. The van der Waals surface area contributed by atoms with Crippen molar-refractivity contribution in [2.75, 3.05) is 13.7 Å². The van der Waals surface area contributed by atoms with Crippen LogP contribution in [0, 0.1) is 10.1 Å². The lowest BCUT2D eigenvalue weighted by Gasteiger charge is -2.25. The minimum atomic E-state index is -0.573. The molecule has 1 amide bonds. The molecule has 7 nitrogen and oxygen atoms in total. The summed E-state index contributed by atoms with van der Waals surface area (Å²) >= 11 is 0. The summed E-state index contributed by atoms with van der Waals surface area (Å²) in [7, 11) is 1.23. The molecule has 0 aliphatic carbocycles. The first-order chi connectivity index (χ1) is 9.36. The van der Waals surface area contributed by atoms with E-state index in [1.54, 1.807) is 13.8 Å². The van der Waals surface area contributed by atoms with Gasteiger partial charge in [-0.25, -0.2) is 0 Å². The largest absolute Gasteiger partial charge is 0.468 e. The first kappa shape index (κ1) is 15.6. The van der Waals surface area contributed by atoms with Gasteiger partial charge < -0.3 is 9.64 Å². The molecule has 0 aromatic heterocycles. The first-order valence-corrected chi connectivity index (χ1v) is 5.99. The van der Waals surface area contributed by atoms with Crippen molar-refractivity contribution in [1.82, 2.24) is 4.90 Å². The molecule has 0 bridgehead atoms. The van der Waals surface area contributed by atoms with Gasteiger partial charge in [0.25, 0.3) is 11.6 Å². The van der Waals surface area contributed by atoms with E-state index in [-0.39, 0.29) is 23.8 Å². The molecular formula is C13H16N2O5. The van der Waals surface area contributed by atoms with Crippen LogP contribution in [0.1, 0.15) is 24.2 Å². The van der Waals surface area contributed by atoms with Gasteiger partial charge in [0, 0.05) is 23.7 Å². The van der Waals surface area contributed by atoms with E-state index >= 15 is 0 Å². The van der Waals surface area contributed by atoms with Gasteiger partial charge in [-0.05, 0) is 19.9 Å². The molecule has 0 saturated heterocycles. The molecular weight excluding hydrogens is 264 g/mol. The maximum absolute atomic E-state index is 12.3. The average molecular weight is 280 g/mol. The first-order valence-electron chi connectivity index (χ1n) is 5.99. The van der Waals surface area contributed by atoms with E-state index in [1.807, 2.05) is 0 Å². The van der Waals surface area contributed by atoms with Gasteiger partial charge in [-0.15, -0.1) is 0 Å². The highest BCUT2D eigenvalue weighted by Crippen LogP contribution is 2.16. The summed E-state index contributed by atoms with van der Waals surface area (Å²) in [6, 6.07) is 5.16. The normalized spacial score (nSPS) is 10.2. The Morgan fingerprint density at radius 3 is 2.55 bits per heavy atom. The van der Waals surface area contributed by atoms with E-state index in [9.17, 15) is 19.7 Å². The highest BCUT2D eigenvalue weighted by Gasteiger charge is 2.23. The Hall–Kier alpha value is -2.44. The van der Waals surface area contributed by atoms with Crippen LogP contribution in [0.25, 0.3) is 0 Å². The minimum Gasteiger partial charge on any atom is -0.468 e. The molecule has 0 radical (unpaired) electrons. The number of nitrogens with zero attached hydrogens (tertiary/aromatic N) is 2. The number of non-ortho nitro benzene ring substituents is 1. The monoisotopic (exact) mass is 280 g/mol. The number of carbonyl (C=O) groups is 2. The van der Waals surface area contributed by atoms with Gasteiger partial charge in [-0.3, -0.25) is 19.7 Å². The van der Waals surface area contributed by atoms with Crippen molar-refractivity contribution in [3.8, 4) is 0 Å². The summed E-state index contributed by atoms with van der Waals surface area (Å²) in [5.74, 6) is -0.994. The maximum atomic E-state index is 12.3. The second-order valence-corrected chi connectivity index (χ2v) is 4.41. The van der Waals surface area contributed by atoms with Crippen molar-refractivity contribution in [1.29, 1.82) is 0 Å². The fourth-order valence-corrected chi connectivity index (χ4v) is 1.61. The van der Waals surface area contributed by atoms with Crippen LogP contribution in [-0.2, 0) is 9.53 Å². The summed E-state index contributed by atoms with van der Waals surface area (Å²) in [6.07, 6.45) is 0. The molecule has 0 N–H and O–H groups in total. The molecule has 0 aliphatic heterocycles. The number of methoxy groups -OCH3 is 1. The number of hydrogen-bond acceptors (Lipinski definition) is 5. The van der Waals surface area contributed by atoms with Gasteiger partial charge >= 0.3 is 5.97 Å². The van der Waals surface area contributed by atoms with Crippen LogP contribution in [0.2, 0.25) is 0 Å². The van der Waals surface area contributed by atoms with Gasteiger partial charge in [0.2, 0.25) is 0 Å². The molecule has 1 aromatic carbocycles. The number of carbonyl (C=O) groups excluding carboxylic acids is 2. The standard InChI is InChI=1S/C13H16N2O5/c1-9(2)14(8-12(16)20-3)13(17)10-5-4-6-11(7-10)15(18)19/h4-7,9H,8H2,1-3H3. The van der Waals surface area contributed by atoms with Gasteiger partial charge in [-0.2, -0.15) is 0 Å². The fourth-order valence-electron chi connectivity index (χ4n) is 1.61. The van der Waals surface area contributed by atoms with Crippen LogP contribution in [0.4, 0.5) is 5.69 Å². The highest BCUT2D eigenvalue weighted by atomic mass is 16.6. The van der Waals surface area contributed by atoms with E-state index in [0.29, 0.717) is 0 Å². The number of esters is 1. The van der Waals surface area contributed by atoms with Gasteiger partial charge in [0.15, 0.2) is 0 Å². The second-order valence-electron chi connectivity index (χ2n) is 4.41. The fraction of sp³-hybridized carbons (Fsp3) is 0.385. The minimum absolute atomic E-state index is 0.164. The summed E-state index contributed by atoms with van der Waals surface area (Å²) in [5.41, 5.74) is -0.00516. The number of amides is 1. The highest BCUT2D eigenvalue weighted by molar-refractivity contribution is 5.96. The molecule has 20 heavy (non-hydrogen) atoms. The lowest BCUT2D eigenvalue weighted by atomic mass is 10.1. The zero-order chi connectivity index (χ0) is 15.3. The Kier molecular flexibility index (Phi) is 5.19. The van der Waals surface area contributed by atoms with E-state index < -0.39 is 16.8 Å². The SMILES string of the molecule is COC(=O)CN(C(=O)c1cccc([N+](=O)[O-])c1)C(C)C. The molecule has 0 atom stereocenters. The van der Waals surface area contributed by atoms with Crippen LogP contribution in [0.15, 0.2) is 24.3 Å². The zero-order valence-corrected chi connectivity index (χ0v) is 11.5. The third-order valence-electron chi connectivity index (χ3n) is 2.72. The number of nitro benzene ring substituents is 1. The van der Waals surface area contributed by atoms with Crippen molar-refractivity contribution in [2.24, 2.45) is 0 Å². The summed E-state index contributed by atoms with van der Waals surface area (Å²) in [5, 5.41) is 10.7. The van der Waals surface area contributed by atoms with Gasteiger partial charge in [0.1, 0.15) is 6.54 Å². The molecule has 0 unspecified atom stereocenters. The van der Waals surface area contributed by atoms with Crippen molar-refractivity contribution < 1.29 is 19.2 Å². The number of nitro groups is 1. The predicted octanol–water partition coefficient (Wildman–Crippen LogP) is 1.62. The number of benzene rings is 1. The smallest absolute Gasteiger partial charge is 0.325 e. The number of rotatable bonds is 5. The lowest BCUT2D eigenvalue weighted by molar-refractivity contribution is -0.384. The zero-order valence-electron chi connectivity index (χ0n) is 11.5. The predicted molar refractivity (Wildman–Crippen MR) is 71.3 cm³/mol. The molecule has 0 aliphatic rings. The van der Waals surface area contributed by atoms with E-state index in [2.05, 4.69) is 4.74 Å². The van der Waals surface area contributed by atoms with E-state index in [4.69, 9.17) is 0 Å². The van der Waals surface area contributed by atoms with Crippen LogP contribution in [0.5, 0.6) is 0 Å². The molecule has 0 saturated carbocycles. The van der Waals surface area contributed by atoms with Gasteiger partial charge in [-0.1, -0.05) is 6.07 Å². The second kappa shape index (κ2) is 6.65. The molecule has 7 heteroatoms. The van der Waals surface area contributed by atoms with Gasteiger partial charge in [0.05, 0.1) is 12.0 Å². The summed E-state index contributed by atoms with van der Waals surface area (Å²) in [4.78, 5) is 35.1. The van der Waals surface area contributed by atoms with E-state index in [0.717, 1.165) is 0 Å². The van der Waals surface area contributed by atoms with Crippen molar-refractivity contribution in [3.05, 3.63) is 39.9 Å². The third-order valence-corrected chi connectivity index (χ3v) is 2.72. The quantitative estimate of drug-likeness (QED) is 0.464. The summed E-state index contributed by atoms with van der Waals surface area (Å²) in [6.45, 7) is 3.30. The molecule has 1 aromatic rings. The van der Waals surface area contributed by atoms with Crippen LogP contribution in [0.3, 0.4) is 0 Å². The molecule has 0 spiro atoms. The average Bonchev–Trinajstić information content (AvgIpc) is 2.43. The summed E-state index contributed by atoms with van der Waals surface area (Å²) < 4.78 is 4.54. The molecule has 0 heterocycles.